The third-order valence-corrected chi connectivity index (χ3v) is 3.75. The van der Waals surface area contributed by atoms with Crippen LogP contribution in [0.25, 0.3) is 11.1 Å². The molecule has 2 amide bonds. The number of nitro benzene ring substituents is 1. The van der Waals surface area contributed by atoms with Gasteiger partial charge in [-0.15, -0.1) is 0 Å². The number of carbonyl (C=O) groups excluding carboxylic acids is 2. The average Bonchev–Trinajstić information content (AvgIpc) is 3.39. The third kappa shape index (κ3) is 3.22. The summed E-state index contributed by atoms with van der Waals surface area (Å²) in [6.45, 7) is 0. The Hall–Kier alpha value is -3.29. The van der Waals surface area contributed by atoms with E-state index in [2.05, 4.69) is 10.3 Å². The lowest BCUT2D eigenvalue weighted by Crippen LogP contribution is -2.14. The molecule has 0 saturated heterocycles. The number of amides is 2. The minimum atomic E-state index is -0.739. The second-order valence-corrected chi connectivity index (χ2v) is 5.55. The zero-order valence-electron chi connectivity index (χ0n) is 12.6. The van der Waals surface area contributed by atoms with Gasteiger partial charge in [0, 0.05) is 23.7 Å². The molecular formula is C16H14N4O4. The first-order chi connectivity index (χ1) is 11.5. The largest absolute Gasteiger partial charge is 0.366 e. The number of rotatable bonds is 5. The zero-order valence-corrected chi connectivity index (χ0v) is 12.6. The Kier molecular flexibility index (Phi) is 3.95. The predicted molar refractivity (Wildman–Crippen MR) is 86.2 cm³/mol. The number of nitrogens with zero attached hydrogens (tertiary/aromatic N) is 2. The number of pyridine rings is 1. The number of hydrogen-bond acceptors (Lipinski definition) is 5. The van der Waals surface area contributed by atoms with Crippen molar-refractivity contribution in [3.8, 4) is 11.1 Å². The summed E-state index contributed by atoms with van der Waals surface area (Å²) in [6, 6.07) is 7.18. The Morgan fingerprint density at radius 2 is 2.00 bits per heavy atom. The van der Waals surface area contributed by atoms with Gasteiger partial charge in [-0.25, -0.2) is 4.98 Å². The molecule has 0 spiro atoms. The van der Waals surface area contributed by atoms with Crippen molar-refractivity contribution in [1.29, 1.82) is 0 Å². The van der Waals surface area contributed by atoms with E-state index in [4.69, 9.17) is 5.73 Å². The molecule has 3 N–H and O–H groups in total. The summed E-state index contributed by atoms with van der Waals surface area (Å²) >= 11 is 0. The van der Waals surface area contributed by atoms with Crippen LogP contribution in [0.2, 0.25) is 0 Å². The van der Waals surface area contributed by atoms with Gasteiger partial charge in [-0.1, -0.05) is 0 Å². The molecule has 0 radical (unpaired) electrons. The molecular weight excluding hydrogens is 312 g/mol. The molecule has 1 heterocycles. The average molecular weight is 326 g/mol. The summed E-state index contributed by atoms with van der Waals surface area (Å²) in [7, 11) is 0. The molecule has 1 fully saturated rings. The van der Waals surface area contributed by atoms with Gasteiger partial charge in [0.2, 0.25) is 11.8 Å². The van der Waals surface area contributed by atoms with Gasteiger partial charge >= 0.3 is 0 Å². The Bertz CT molecular complexity index is 846. The molecule has 1 aliphatic rings. The number of nitrogens with two attached hydrogens (primary N) is 1. The molecule has 0 bridgehead atoms. The van der Waals surface area contributed by atoms with E-state index in [1.807, 2.05) is 0 Å². The highest BCUT2D eigenvalue weighted by atomic mass is 16.6. The summed E-state index contributed by atoms with van der Waals surface area (Å²) in [4.78, 5) is 37.8. The van der Waals surface area contributed by atoms with E-state index in [1.54, 1.807) is 12.1 Å². The Morgan fingerprint density at radius 3 is 2.62 bits per heavy atom. The smallest absolute Gasteiger partial charge is 0.277 e. The Morgan fingerprint density at radius 1 is 1.25 bits per heavy atom. The highest BCUT2D eigenvalue weighted by molar-refractivity contribution is 5.95. The van der Waals surface area contributed by atoms with Gasteiger partial charge < -0.3 is 11.1 Å². The molecule has 0 atom stereocenters. The topological polar surface area (TPSA) is 128 Å². The van der Waals surface area contributed by atoms with Crippen LogP contribution in [0.15, 0.2) is 36.5 Å². The van der Waals surface area contributed by atoms with Crippen LogP contribution in [0, 0.1) is 16.0 Å². The van der Waals surface area contributed by atoms with Gasteiger partial charge in [-0.05, 0) is 42.7 Å². The van der Waals surface area contributed by atoms with Gasteiger partial charge in [-0.2, -0.15) is 0 Å². The zero-order chi connectivity index (χ0) is 17.3. The van der Waals surface area contributed by atoms with Crippen LogP contribution >= 0.6 is 0 Å². The number of nitrogens with one attached hydrogen (secondary N) is 1. The molecule has 8 nitrogen and oxygen atoms in total. The van der Waals surface area contributed by atoms with Crippen LogP contribution in [-0.2, 0) is 4.79 Å². The number of aromatic nitrogens is 1. The van der Waals surface area contributed by atoms with Crippen LogP contribution in [0.1, 0.15) is 23.2 Å². The van der Waals surface area contributed by atoms with Gasteiger partial charge in [0.1, 0.15) is 5.82 Å². The fourth-order valence-corrected chi connectivity index (χ4v) is 2.32. The van der Waals surface area contributed by atoms with Crippen molar-refractivity contribution in [3.05, 3.63) is 52.2 Å². The summed E-state index contributed by atoms with van der Waals surface area (Å²) in [5.74, 6) is -0.479. The number of nitro groups is 1. The van der Waals surface area contributed by atoms with Crippen molar-refractivity contribution in [2.24, 2.45) is 11.7 Å². The van der Waals surface area contributed by atoms with Gasteiger partial charge in [0.15, 0.2) is 0 Å². The summed E-state index contributed by atoms with van der Waals surface area (Å²) in [5.41, 5.74) is 5.81. The molecule has 2 aromatic rings. The fourth-order valence-electron chi connectivity index (χ4n) is 2.32. The molecule has 3 rings (SSSR count). The lowest BCUT2D eigenvalue weighted by molar-refractivity contribution is -0.384. The minimum Gasteiger partial charge on any atom is -0.366 e. The summed E-state index contributed by atoms with van der Waals surface area (Å²) in [5, 5.41) is 14.0. The van der Waals surface area contributed by atoms with Crippen LogP contribution in [0.5, 0.6) is 0 Å². The SMILES string of the molecule is NC(=O)c1ccc(-c2ccnc(NC(=O)C3CC3)c2)c([N+](=O)[O-])c1. The lowest BCUT2D eigenvalue weighted by Gasteiger charge is -2.07. The van der Waals surface area contributed by atoms with Crippen molar-refractivity contribution in [3.63, 3.8) is 0 Å². The second-order valence-electron chi connectivity index (χ2n) is 5.55. The molecule has 122 valence electrons. The van der Waals surface area contributed by atoms with Gasteiger partial charge in [0.25, 0.3) is 5.69 Å². The van der Waals surface area contributed by atoms with Crippen molar-refractivity contribution in [1.82, 2.24) is 4.98 Å². The van der Waals surface area contributed by atoms with E-state index >= 15 is 0 Å². The number of hydrogen-bond donors (Lipinski definition) is 2. The molecule has 1 aromatic heterocycles. The molecule has 0 aliphatic heterocycles. The predicted octanol–water partition coefficient (Wildman–Crippen LogP) is 2.10. The van der Waals surface area contributed by atoms with E-state index in [1.165, 1.54) is 18.3 Å². The fraction of sp³-hybridized carbons (Fsp3) is 0.188. The van der Waals surface area contributed by atoms with E-state index in [-0.39, 0.29) is 23.1 Å². The standard InChI is InChI=1S/C16H14N4O4/c17-15(21)11-3-4-12(13(7-11)20(23)24)10-5-6-18-14(8-10)19-16(22)9-1-2-9/h3-9H,1-2H2,(H2,17,21)(H,18,19,22). The van der Waals surface area contributed by atoms with Crippen molar-refractivity contribution in [2.75, 3.05) is 5.32 Å². The lowest BCUT2D eigenvalue weighted by atomic mass is 10.0. The van der Waals surface area contributed by atoms with Crippen LogP contribution < -0.4 is 11.1 Å². The van der Waals surface area contributed by atoms with E-state index < -0.39 is 10.8 Å². The minimum absolute atomic E-state index is 0.0274. The monoisotopic (exact) mass is 326 g/mol. The molecule has 8 heteroatoms. The second kappa shape index (κ2) is 6.07. The van der Waals surface area contributed by atoms with Gasteiger partial charge in [0.05, 0.1) is 10.5 Å². The number of anilines is 1. The van der Waals surface area contributed by atoms with Crippen LogP contribution in [-0.4, -0.2) is 21.7 Å². The Labute approximate surface area is 136 Å². The Balaban J connectivity index is 1.97. The molecule has 1 saturated carbocycles. The van der Waals surface area contributed by atoms with Crippen LogP contribution in [0.3, 0.4) is 0 Å². The van der Waals surface area contributed by atoms with Crippen LogP contribution in [0.4, 0.5) is 11.5 Å². The number of carbonyl (C=O) groups is 2. The molecule has 1 aromatic carbocycles. The summed E-state index contributed by atoms with van der Waals surface area (Å²) in [6.07, 6.45) is 3.20. The molecule has 0 unspecified atom stereocenters. The first-order valence-corrected chi connectivity index (χ1v) is 7.31. The first-order valence-electron chi connectivity index (χ1n) is 7.31. The van der Waals surface area contributed by atoms with Gasteiger partial charge in [-0.3, -0.25) is 19.7 Å². The normalized spacial score (nSPS) is 13.3. The number of benzene rings is 1. The van der Waals surface area contributed by atoms with E-state index in [9.17, 15) is 19.7 Å². The maximum absolute atomic E-state index is 11.8. The van der Waals surface area contributed by atoms with E-state index in [0.717, 1.165) is 18.9 Å². The summed E-state index contributed by atoms with van der Waals surface area (Å²) < 4.78 is 0. The first kappa shape index (κ1) is 15.6. The van der Waals surface area contributed by atoms with Crippen molar-refractivity contribution >= 4 is 23.3 Å². The highest BCUT2D eigenvalue weighted by Crippen LogP contribution is 2.33. The van der Waals surface area contributed by atoms with Crippen molar-refractivity contribution in [2.45, 2.75) is 12.8 Å². The maximum atomic E-state index is 11.8. The highest BCUT2D eigenvalue weighted by Gasteiger charge is 2.29. The maximum Gasteiger partial charge on any atom is 0.277 e. The quantitative estimate of drug-likeness (QED) is 0.642. The van der Waals surface area contributed by atoms with E-state index in [0.29, 0.717) is 16.9 Å². The molecule has 1 aliphatic carbocycles. The third-order valence-electron chi connectivity index (χ3n) is 3.75. The number of primary amides is 1. The van der Waals surface area contributed by atoms with Crippen molar-refractivity contribution < 1.29 is 14.5 Å². The molecule has 24 heavy (non-hydrogen) atoms.